The van der Waals surface area contributed by atoms with Gasteiger partial charge in [0.15, 0.2) is 0 Å². The van der Waals surface area contributed by atoms with Gasteiger partial charge in [-0.1, -0.05) is 48.1 Å². The fraction of sp³-hybridized carbons (Fsp3) is 0.800. The number of amides is 1. The van der Waals surface area contributed by atoms with Gasteiger partial charge in [0.25, 0.3) is 0 Å². The number of rotatable bonds is 4. The van der Waals surface area contributed by atoms with Crippen molar-refractivity contribution in [2.24, 2.45) is 16.7 Å². The molecule has 0 fully saturated rings. The van der Waals surface area contributed by atoms with Gasteiger partial charge in [-0.2, -0.15) is 0 Å². The maximum Gasteiger partial charge on any atom is 0.246 e. The molecule has 1 N–H and O–H groups in total. The summed E-state index contributed by atoms with van der Waals surface area (Å²) in [6.07, 6.45) is 1.10. The summed E-state index contributed by atoms with van der Waals surface area (Å²) in [5, 5.41) is 2.97. The summed E-state index contributed by atoms with van der Waals surface area (Å²) in [6.45, 7) is 19.6. The molecule has 0 rings (SSSR count). The number of hydrogen-bond donors (Lipinski definition) is 1. The summed E-state index contributed by atoms with van der Waals surface area (Å²) in [5.41, 5.74) is 1.06. The van der Waals surface area contributed by atoms with E-state index in [1.165, 1.54) is 0 Å². The highest BCUT2D eigenvalue weighted by Gasteiger charge is 2.29. The first-order valence-electron chi connectivity index (χ1n) is 6.37. The number of nitrogens with one attached hydrogen (secondary N) is 1. The number of carbonyl (C=O) groups is 1. The third-order valence-corrected chi connectivity index (χ3v) is 2.98. The minimum absolute atomic E-state index is 0.0341. The van der Waals surface area contributed by atoms with Crippen molar-refractivity contribution in [2.75, 3.05) is 6.54 Å². The molecule has 17 heavy (non-hydrogen) atoms. The van der Waals surface area contributed by atoms with E-state index >= 15 is 0 Å². The van der Waals surface area contributed by atoms with Gasteiger partial charge in [-0.15, -0.1) is 0 Å². The average Bonchev–Trinajstić information content (AvgIpc) is 2.07. The van der Waals surface area contributed by atoms with Crippen LogP contribution in [-0.4, -0.2) is 12.5 Å². The smallest absolute Gasteiger partial charge is 0.246 e. The Morgan fingerprint density at radius 2 is 1.65 bits per heavy atom. The predicted octanol–water partition coefficient (Wildman–Crippen LogP) is 3.78. The summed E-state index contributed by atoms with van der Waals surface area (Å²) in [7, 11) is 0. The van der Waals surface area contributed by atoms with Gasteiger partial charge in [0, 0.05) is 12.1 Å². The molecule has 2 heteroatoms. The van der Waals surface area contributed by atoms with Crippen LogP contribution in [0.25, 0.3) is 0 Å². The minimum Gasteiger partial charge on any atom is -0.352 e. The highest BCUT2D eigenvalue weighted by Crippen LogP contribution is 2.35. The van der Waals surface area contributed by atoms with E-state index in [1.807, 2.05) is 0 Å². The molecule has 1 unspecified atom stereocenters. The lowest BCUT2D eigenvalue weighted by Crippen LogP contribution is -2.37. The Morgan fingerprint density at radius 1 is 1.18 bits per heavy atom. The molecular formula is C15H29NO. The molecule has 0 aromatic carbocycles. The molecule has 0 aliphatic heterocycles. The van der Waals surface area contributed by atoms with E-state index < -0.39 is 0 Å². The monoisotopic (exact) mass is 239 g/mol. The van der Waals surface area contributed by atoms with Crippen LogP contribution in [0.4, 0.5) is 0 Å². The number of hydrogen-bond acceptors (Lipinski definition) is 1. The molecule has 0 radical (unpaired) electrons. The molecule has 100 valence electrons. The van der Waals surface area contributed by atoms with Crippen molar-refractivity contribution in [1.82, 2.24) is 5.32 Å². The predicted molar refractivity (Wildman–Crippen MR) is 74.8 cm³/mol. The van der Waals surface area contributed by atoms with Gasteiger partial charge >= 0.3 is 0 Å². The van der Waals surface area contributed by atoms with E-state index in [9.17, 15) is 4.79 Å². The zero-order chi connectivity index (χ0) is 13.9. The van der Waals surface area contributed by atoms with E-state index in [-0.39, 0.29) is 16.7 Å². The Hall–Kier alpha value is -0.790. The normalized spacial score (nSPS) is 14.3. The van der Waals surface area contributed by atoms with E-state index in [1.54, 1.807) is 6.92 Å². The maximum atomic E-state index is 11.5. The molecule has 0 aromatic heterocycles. The molecule has 0 heterocycles. The van der Waals surface area contributed by atoms with Crippen molar-refractivity contribution in [3.8, 4) is 0 Å². The third kappa shape index (κ3) is 7.19. The van der Waals surface area contributed by atoms with Crippen molar-refractivity contribution in [3.63, 3.8) is 0 Å². The van der Waals surface area contributed by atoms with E-state index in [4.69, 9.17) is 0 Å². The molecule has 1 amide bonds. The molecule has 0 bridgehead atoms. The van der Waals surface area contributed by atoms with Crippen molar-refractivity contribution in [2.45, 2.75) is 54.9 Å². The number of carbonyl (C=O) groups excluding carboxylic acids is 1. The quantitative estimate of drug-likeness (QED) is 0.743. The first-order chi connectivity index (χ1) is 7.43. The van der Waals surface area contributed by atoms with Gasteiger partial charge < -0.3 is 5.32 Å². The van der Waals surface area contributed by atoms with Crippen LogP contribution in [-0.2, 0) is 4.79 Å². The van der Waals surface area contributed by atoms with E-state index in [0.29, 0.717) is 11.5 Å². The van der Waals surface area contributed by atoms with Crippen LogP contribution in [0.3, 0.4) is 0 Å². The molecule has 0 spiro atoms. The Balaban J connectivity index is 4.53. The van der Waals surface area contributed by atoms with Crippen LogP contribution >= 0.6 is 0 Å². The zero-order valence-corrected chi connectivity index (χ0v) is 12.6. The average molecular weight is 239 g/mol. The standard InChI is InChI=1S/C15H29NO/c1-11(2)13(17)16-10-12(15(6,7)8)9-14(3,4)5/h12H,1,9-10H2,2-8H3,(H,16,17). The van der Waals surface area contributed by atoms with Gasteiger partial charge in [-0.3, -0.25) is 4.79 Å². The van der Waals surface area contributed by atoms with E-state index in [0.717, 1.165) is 13.0 Å². The summed E-state index contributed by atoms with van der Waals surface area (Å²) in [5.74, 6) is 0.443. The van der Waals surface area contributed by atoms with Crippen molar-refractivity contribution < 1.29 is 4.79 Å². The van der Waals surface area contributed by atoms with Crippen LogP contribution in [0.1, 0.15) is 54.9 Å². The molecule has 1 atom stereocenters. The second kappa shape index (κ2) is 5.70. The third-order valence-electron chi connectivity index (χ3n) is 2.98. The lowest BCUT2D eigenvalue weighted by Gasteiger charge is -2.35. The fourth-order valence-electron chi connectivity index (χ4n) is 1.79. The molecule has 0 saturated carbocycles. The van der Waals surface area contributed by atoms with Crippen LogP contribution in [0, 0.1) is 16.7 Å². The largest absolute Gasteiger partial charge is 0.352 e. The first-order valence-corrected chi connectivity index (χ1v) is 6.37. The van der Waals surface area contributed by atoms with Gasteiger partial charge in [0.1, 0.15) is 0 Å². The van der Waals surface area contributed by atoms with Crippen LogP contribution in [0.5, 0.6) is 0 Å². The molecule has 0 saturated heterocycles. The van der Waals surface area contributed by atoms with Gasteiger partial charge in [-0.25, -0.2) is 0 Å². The Labute approximate surface area is 107 Å². The fourth-order valence-corrected chi connectivity index (χ4v) is 1.79. The van der Waals surface area contributed by atoms with Gasteiger partial charge in [0.2, 0.25) is 5.91 Å². The highest BCUT2D eigenvalue weighted by atomic mass is 16.1. The molecule has 0 aliphatic carbocycles. The summed E-state index contributed by atoms with van der Waals surface area (Å²) < 4.78 is 0. The van der Waals surface area contributed by atoms with Crippen molar-refractivity contribution in [3.05, 3.63) is 12.2 Å². The SMILES string of the molecule is C=C(C)C(=O)NCC(CC(C)(C)C)C(C)(C)C. The molecule has 0 aromatic rings. The highest BCUT2D eigenvalue weighted by molar-refractivity contribution is 5.92. The van der Waals surface area contributed by atoms with Gasteiger partial charge in [0.05, 0.1) is 0 Å². The Kier molecular flexibility index (Phi) is 5.44. The van der Waals surface area contributed by atoms with Crippen LogP contribution < -0.4 is 5.32 Å². The molecule has 2 nitrogen and oxygen atoms in total. The second-order valence-electron chi connectivity index (χ2n) is 7.32. The lowest BCUT2D eigenvalue weighted by molar-refractivity contribution is -0.117. The minimum atomic E-state index is -0.0341. The summed E-state index contributed by atoms with van der Waals surface area (Å²) in [4.78, 5) is 11.5. The summed E-state index contributed by atoms with van der Waals surface area (Å²) >= 11 is 0. The Bertz CT molecular complexity index is 278. The van der Waals surface area contributed by atoms with Crippen molar-refractivity contribution in [1.29, 1.82) is 0 Å². The summed E-state index contributed by atoms with van der Waals surface area (Å²) in [6, 6.07) is 0. The van der Waals surface area contributed by atoms with Gasteiger partial charge in [-0.05, 0) is 30.1 Å². The topological polar surface area (TPSA) is 29.1 Å². The van der Waals surface area contributed by atoms with Crippen molar-refractivity contribution >= 4 is 5.91 Å². The first kappa shape index (κ1) is 16.2. The Morgan fingerprint density at radius 3 is 1.94 bits per heavy atom. The molecule has 0 aliphatic rings. The van der Waals surface area contributed by atoms with E-state index in [2.05, 4.69) is 53.4 Å². The second-order valence-corrected chi connectivity index (χ2v) is 7.32. The zero-order valence-electron chi connectivity index (χ0n) is 12.6. The van der Waals surface area contributed by atoms with Crippen LogP contribution in [0.2, 0.25) is 0 Å². The molecular weight excluding hydrogens is 210 g/mol. The van der Waals surface area contributed by atoms with Crippen LogP contribution in [0.15, 0.2) is 12.2 Å². The maximum absolute atomic E-state index is 11.5. The lowest BCUT2D eigenvalue weighted by atomic mass is 9.72.